The van der Waals surface area contributed by atoms with Crippen molar-refractivity contribution < 1.29 is 9.53 Å². The first-order valence-corrected chi connectivity index (χ1v) is 12.3. The van der Waals surface area contributed by atoms with Crippen LogP contribution >= 0.6 is 11.6 Å². The second-order valence-electron chi connectivity index (χ2n) is 9.57. The lowest BCUT2D eigenvalue weighted by Crippen LogP contribution is -2.40. The first-order valence-electron chi connectivity index (χ1n) is 11.9. The molecule has 0 radical (unpaired) electrons. The van der Waals surface area contributed by atoms with Crippen molar-refractivity contribution in [3.63, 3.8) is 0 Å². The molecule has 2 amide bonds. The lowest BCUT2D eigenvalue weighted by atomic mass is 10.1. The molecule has 0 saturated carbocycles. The lowest BCUT2D eigenvalue weighted by Gasteiger charge is -2.29. The summed E-state index contributed by atoms with van der Waals surface area (Å²) in [6.45, 7) is 11.7. The van der Waals surface area contributed by atoms with Crippen molar-refractivity contribution in [1.29, 1.82) is 0 Å². The van der Waals surface area contributed by atoms with Crippen LogP contribution in [0.2, 0.25) is 5.02 Å². The number of hydrogen-bond acceptors (Lipinski definition) is 4. The first kappa shape index (κ1) is 23.7. The summed E-state index contributed by atoms with van der Waals surface area (Å²) < 4.78 is 6.22. The maximum absolute atomic E-state index is 13.2. The van der Waals surface area contributed by atoms with Crippen molar-refractivity contribution in [1.82, 2.24) is 9.80 Å². The van der Waals surface area contributed by atoms with Crippen molar-refractivity contribution >= 4 is 29.0 Å². The van der Waals surface area contributed by atoms with E-state index in [2.05, 4.69) is 42.0 Å². The lowest BCUT2D eigenvalue weighted by molar-refractivity contribution is 0.100. The van der Waals surface area contributed by atoms with Crippen molar-refractivity contribution in [2.24, 2.45) is 0 Å². The Morgan fingerprint density at radius 2 is 1.82 bits per heavy atom. The normalized spacial score (nSPS) is 21.8. The summed E-state index contributed by atoms with van der Waals surface area (Å²) >= 11 is 6.59. The number of para-hydroxylation sites is 2. The molecule has 0 aliphatic carbocycles. The van der Waals surface area contributed by atoms with E-state index in [-0.39, 0.29) is 6.03 Å². The molecule has 2 aromatic rings. The summed E-state index contributed by atoms with van der Waals surface area (Å²) in [5, 5.41) is 3.68. The monoisotopic (exact) mass is 470 g/mol. The number of halogens is 1. The van der Waals surface area contributed by atoms with E-state index >= 15 is 0 Å². The second-order valence-corrected chi connectivity index (χ2v) is 9.98. The largest absolute Gasteiger partial charge is 0.486 e. The molecule has 0 spiro atoms. The van der Waals surface area contributed by atoms with Crippen molar-refractivity contribution in [3.8, 4) is 5.75 Å². The zero-order valence-electron chi connectivity index (χ0n) is 19.9. The fourth-order valence-corrected chi connectivity index (χ4v) is 4.96. The molecule has 7 heteroatoms. The molecular weight excluding hydrogens is 436 g/mol. The number of anilines is 2. The highest BCUT2D eigenvalue weighted by Crippen LogP contribution is 2.35. The summed E-state index contributed by atoms with van der Waals surface area (Å²) in [5.41, 5.74) is 1.27. The van der Waals surface area contributed by atoms with Crippen LogP contribution in [-0.2, 0) is 0 Å². The van der Waals surface area contributed by atoms with Crippen LogP contribution in [-0.4, -0.2) is 66.7 Å². The van der Waals surface area contributed by atoms with Crippen molar-refractivity contribution in [2.75, 3.05) is 49.5 Å². The van der Waals surface area contributed by atoms with E-state index < -0.39 is 5.60 Å². The molecule has 1 atom stereocenters. The fourth-order valence-electron chi connectivity index (χ4n) is 4.74. The molecule has 6 nitrogen and oxygen atoms in total. The zero-order valence-corrected chi connectivity index (χ0v) is 20.6. The Morgan fingerprint density at radius 1 is 1.03 bits per heavy atom. The van der Waals surface area contributed by atoms with Gasteiger partial charge in [-0.15, -0.1) is 0 Å². The Bertz CT molecular complexity index is 955. The molecule has 2 aliphatic heterocycles. The summed E-state index contributed by atoms with van der Waals surface area (Å²) in [7, 11) is 0. The molecular formula is C26H35ClN4O2. The molecule has 33 heavy (non-hydrogen) atoms. The van der Waals surface area contributed by atoms with E-state index in [1.807, 2.05) is 47.4 Å². The number of carbonyl (C=O) groups is 1. The molecule has 2 aromatic carbocycles. The van der Waals surface area contributed by atoms with Gasteiger partial charge in [-0.2, -0.15) is 0 Å². The minimum Gasteiger partial charge on any atom is -0.486 e. The molecule has 0 unspecified atom stereocenters. The number of rotatable bonds is 5. The predicted octanol–water partition coefficient (Wildman–Crippen LogP) is 5.34. The minimum absolute atomic E-state index is 0.136. The quantitative estimate of drug-likeness (QED) is 0.641. The molecule has 4 rings (SSSR count). The third kappa shape index (κ3) is 5.74. The van der Waals surface area contributed by atoms with Crippen LogP contribution in [0.1, 0.15) is 33.6 Å². The molecule has 2 saturated heterocycles. The van der Waals surface area contributed by atoms with Gasteiger partial charge in [-0.25, -0.2) is 4.79 Å². The number of likely N-dealkylation sites (tertiary alicyclic amines) is 1. The van der Waals surface area contributed by atoms with Crippen LogP contribution in [0, 0.1) is 0 Å². The highest BCUT2D eigenvalue weighted by atomic mass is 35.5. The van der Waals surface area contributed by atoms with E-state index in [4.69, 9.17) is 16.3 Å². The van der Waals surface area contributed by atoms with Crippen LogP contribution in [0.25, 0.3) is 0 Å². The summed E-state index contributed by atoms with van der Waals surface area (Å²) in [6.07, 6.45) is 1.86. The number of carbonyl (C=O) groups excluding carboxylic acids is 1. The van der Waals surface area contributed by atoms with Gasteiger partial charge in [0.1, 0.15) is 11.4 Å². The Balaban J connectivity index is 1.44. The fraction of sp³-hybridized carbons (Fsp3) is 0.500. The third-order valence-corrected chi connectivity index (χ3v) is 6.97. The van der Waals surface area contributed by atoms with Crippen LogP contribution in [0.4, 0.5) is 16.2 Å². The number of urea groups is 1. The van der Waals surface area contributed by atoms with E-state index in [1.165, 1.54) is 0 Å². The second kappa shape index (κ2) is 10.2. The van der Waals surface area contributed by atoms with Gasteiger partial charge in [0.25, 0.3) is 0 Å². The SMILES string of the molecule is CC(C)N1CCCN(c2cccc(Cl)c2NC(=O)N2CC[C@](C)(Oc3ccccc3)C2)CC1. The minimum atomic E-state index is -0.410. The van der Waals surface area contributed by atoms with E-state index in [9.17, 15) is 4.79 Å². The molecule has 2 fully saturated rings. The van der Waals surface area contributed by atoms with E-state index in [0.29, 0.717) is 29.8 Å². The smallest absolute Gasteiger partial charge is 0.322 e. The first-order chi connectivity index (χ1) is 15.8. The summed E-state index contributed by atoms with van der Waals surface area (Å²) in [6, 6.07) is 16.0. The molecule has 0 aromatic heterocycles. The van der Waals surface area contributed by atoms with E-state index in [0.717, 1.165) is 50.5 Å². The topological polar surface area (TPSA) is 48.0 Å². The van der Waals surface area contributed by atoms with Gasteiger partial charge in [-0.1, -0.05) is 35.9 Å². The van der Waals surface area contributed by atoms with Gasteiger partial charge in [0.15, 0.2) is 0 Å². The number of nitrogens with one attached hydrogen (secondary N) is 1. The standard InChI is InChI=1S/C26H35ClN4O2/c1-20(2)29-14-8-15-30(18-17-29)23-12-7-11-22(27)24(23)28-25(32)31-16-13-26(3,19-31)33-21-9-5-4-6-10-21/h4-7,9-12,20H,8,13-19H2,1-3H3,(H,28,32)/t26-/m0/s1. The van der Waals surface area contributed by atoms with Crippen LogP contribution in [0.15, 0.2) is 48.5 Å². The number of hydrogen-bond donors (Lipinski definition) is 1. The summed E-state index contributed by atoms with van der Waals surface area (Å²) in [5.74, 6) is 0.826. The van der Waals surface area contributed by atoms with Gasteiger partial charge in [-0.3, -0.25) is 4.90 Å². The van der Waals surface area contributed by atoms with Gasteiger partial charge >= 0.3 is 6.03 Å². The van der Waals surface area contributed by atoms with Gasteiger partial charge in [0.2, 0.25) is 0 Å². The van der Waals surface area contributed by atoms with Gasteiger partial charge in [0.05, 0.1) is 22.9 Å². The number of nitrogens with zero attached hydrogens (tertiary/aromatic N) is 3. The molecule has 2 aliphatic rings. The average molecular weight is 471 g/mol. The van der Waals surface area contributed by atoms with Crippen molar-refractivity contribution in [3.05, 3.63) is 53.6 Å². The Morgan fingerprint density at radius 3 is 2.58 bits per heavy atom. The van der Waals surface area contributed by atoms with Gasteiger partial charge in [-0.05, 0) is 51.5 Å². The third-order valence-electron chi connectivity index (χ3n) is 6.66. The number of ether oxygens (including phenoxy) is 1. The van der Waals surface area contributed by atoms with Crippen molar-refractivity contribution in [2.45, 2.75) is 45.3 Å². The van der Waals surface area contributed by atoms with Crippen LogP contribution in [0.3, 0.4) is 0 Å². The Hall–Kier alpha value is -2.44. The zero-order chi connectivity index (χ0) is 23.4. The maximum Gasteiger partial charge on any atom is 0.322 e. The van der Waals surface area contributed by atoms with E-state index in [1.54, 1.807) is 0 Å². The predicted molar refractivity (Wildman–Crippen MR) is 136 cm³/mol. The van der Waals surface area contributed by atoms with Gasteiger partial charge in [0, 0.05) is 45.2 Å². The number of amides is 2. The molecule has 178 valence electrons. The molecule has 1 N–H and O–H groups in total. The highest BCUT2D eigenvalue weighted by Gasteiger charge is 2.38. The van der Waals surface area contributed by atoms with Gasteiger partial charge < -0.3 is 19.9 Å². The molecule has 2 heterocycles. The maximum atomic E-state index is 13.2. The average Bonchev–Trinajstić information content (AvgIpc) is 3.01. The highest BCUT2D eigenvalue weighted by molar-refractivity contribution is 6.34. The van der Waals surface area contributed by atoms with Crippen LogP contribution < -0.4 is 15.0 Å². The Labute approximate surface area is 202 Å². The summed E-state index contributed by atoms with van der Waals surface area (Å²) in [4.78, 5) is 19.9. The Kier molecular flexibility index (Phi) is 7.35. The van der Waals surface area contributed by atoms with Crippen LogP contribution in [0.5, 0.6) is 5.75 Å². The number of benzene rings is 2. The molecule has 0 bridgehead atoms.